The van der Waals surface area contributed by atoms with Crippen LogP contribution in [0.15, 0.2) is 46.9 Å². The summed E-state index contributed by atoms with van der Waals surface area (Å²) in [6, 6.07) is 12.2. The number of hydrogen-bond acceptors (Lipinski definition) is 3. The van der Waals surface area contributed by atoms with Gasteiger partial charge in [-0.15, -0.1) is 0 Å². The SMILES string of the molecule is Cc1ccc(C(=O)C[C@@]2(O)C(=O)Nc3ccc(Br)cc32)cc1. The number of nitrogens with one attached hydrogen (secondary N) is 1. The van der Waals surface area contributed by atoms with Gasteiger partial charge in [-0.05, 0) is 25.1 Å². The van der Waals surface area contributed by atoms with Crippen molar-refractivity contribution in [2.45, 2.75) is 18.9 Å². The van der Waals surface area contributed by atoms with Crippen molar-refractivity contribution >= 4 is 33.3 Å². The van der Waals surface area contributed by atoms with E-state index < -0.39 is 11.5 Å². The maximum atomic E-state index is 12.4. The molecule has 5 heteroatoms. The highest BCUT2D eigenvalue weighted by Gasteiger charge is 2.46. The summed E-state index contributed by atoms with van der Waals surface area (Å²) in [5, 5.41) is 13.4. The first kappa shape index (κ1) is 14.9. The molecule has 0 saturated heterocycles. The minimum Gasteiger partial charge on any atom is -0.375 e. The Morgan fingerprint density at radius 3 is 2.59 bits per heavy atom. The molecule has 0 bridgehead atoms. The first-order chi connectivity index (χ1) is 10.4. The molecule has 0 aromatic heterocycles. The topological polar surface area (TPSA) is 66.4 Å². The number of anilines is 1. The molecule has 1 heterocycles. The predicted molar refractivity (Wildman–Crippen MR) is 86.8 cm³/mol. The second kappa shape index (κ2) is 5.34. The minimum atomic E-state index is -1.83. The molecule has 0 radical (unpaired) electrons. The molecule has 1 aliphatic heterocycles. The highest BCUT2D eigenvalue weighted by Crippen LogP contribution is 2.40. The Bertz CT molecular complexity index is 770. The van der Waals surface area contributed by atoms with Crippen molar-refractivity contribution < 1.29 is 14.7 Å². The van der Waals surface area contributed by atoms with Gasteiger partial charge in [0.2, 0.25) is 0 Å². The van der Waals surface area contributed by atoms with E-state index in [-0.39, 0.29) is 12.2 Å². The van der Waals surface area contributed by atoms with Crippen LogP contribution in [0.3, 0.4) is 0 Å². The Morgan fingerprint density at radius 1 is 1.23 bits per heavy atom. The molecule has 3 rings (SSSR count). The molecule has 1 atom stereocenters. The molecule has 4 nitrogen and oxygen atoms in total. The summed E-state index contributed by atoms with van der Waals surface area (Å²) < 4.78 is 0.740. The van der Waals surface area contributed by atoms with Crippen LogP contribution < -0.4 is 5.32 Å². The van der Waals surface area contributed by atoms with E-state index in [0.717, 1.165) is 10.0 Å². The molecule has 2 aromatic rings. The number of rotatable bonds is 3. The van der Waals surface area contributed by atoms with Gasteiger partial charge in [0.25, 0.3) is 5.91 Å². The third kappa shape index (κ3) is 2.46. The van der Waals surface area contributed by atoms with Gasteiger partial charge in [0.1, 0.15) is 0 Å². The van der Waals surface area contributed by atoms with Crippen LogP contribution >= 0.6 is 15.9 Å². The number of Topliss-reactive ketones (excluding diaryl/α,β-unsaturated/α-hetero) is 1. The predicted octanol–water partition coefficient (Wildman–Crippen LogP) is 3.17. The number of amides is 1. The number of fused-ring (bicyclic) bond motifs is 1. The Hall–Kier alpha value is -1.98. The van der Waals surface area contributed by atoms with Crippen molar-refractivity contribution in [2.75, 3.05) is 5.32 Å². The summed E-state index contributed by atoms with van der Waals surface area (Å²) in [4.78, 5) is 24.6. The van der Waals surface area contributed by atoms with Crippen molar-refractivity contribution in [3.8, 4) is 0 Å². The monoisotopic (exact) mass is 359 g/mol. The Balaban J connectivity index is 1.94. The molecule has 1 amide bonds. The smallest absolute Gasteiger partial charge is 0.261 e. The highest BCUT2D eigenvalue weighted by molar-refractivity contribution is 9.10. The molecule has 0 fully saturated rings. The Labute approximate surface area is 136 Å². The van der Waals surface area contributed by atoms with Gasteiger partial charge < -0.3 is 10.4 Å². The molecular formula is C17H14BrNO3. The summed E-state index contributed by atoms with van der Waals surface area (Å²) in [6.07, 6.45) is -0.286. The molecule has 112 valence electrons. The van der Waals surface area contributed by atoms with Crippen molar-refractivity contribution in [2.24, 2.45) is 0 Å². The van der Waals surface area contributed by atoms with Crippen LogP contribution in [0.1, 0.15) is 27.9 Å². The molecular weight excluding hydrogens is 346 g/mol. The number of benzene rings is 2. The van der Waals surface area contributed by atoms with Gasteiger partial charge in [0.15, 0.2) is 11.4 Å². The molecule has 0 unspecified atom stereocenters. The summed E-state index contributed by atoms with van der Waals surface area (Å²) in [7, 11) is 0. The average Bonchev–Trinajstić information content (AvgIpc) is 2.71. The fourth-order valence-corrected chi connectivity index (χ4v) is 2.93. The number of hydrogen-bond donors (Lipinski definition) is 2. The van der Waals surface area contributed by atoms with Crippen LogP contribution in [-0.4, -0.2) is 16.8 Å². The number of aliphatic hydroxyl groups is 1. The van der Waals surface area contributed by atoms with Crippen molar-refractivity contribution in [3.63, 3.8) is 0 Å². The second-order valence-electron chi connectivity index (χ2n) is 5.47. The van der Waals surface area contributed by atoms with Gasteiger partial charge in [-0.25, -0.2) is 0 Å². The zero-order chi connectivity index (χ0) is 15.9. The normalized spacial score (nSPS) is 19.7. The van der Waals surface area contributed by atoms with E-state index in [1.54, 1.807) is 30.3 Å². The fourth-order valence-electron chi connectivity index (χ4n) is 2.57. The first-order valence-electron chi connectivity index (χ1n) is 6.84. The number of ketones is 1. The van der Waals surface area contributed by atoms with E-state index in [4.69, 9.17) is 0 Å². The lowest BCUT2D eigenvalue weighted by Crippen LogP contribution is -2.36. The lowest BCUT2D eigenvalue weighted by Gasteiger charge is -2.20. The molecule has 1 aliphatic rings. The van der Waals surface area contributed by atoms with Gasteiger partial charge in [-0.3, -0.25) is 9.59 Å². The van der Waals surface area contributed by atoms with E-state index in [9.17, 15) is 14.7 Å². The van der Waals surface area contributed by atoms with Crippen molar-refractivity contribution in [1.82, 2.24) is 0 Å². The van der Waals surface area contributed by atoms with E-state index >= 15 is 0 Å². The molecule has 0 saturated carbocycles. The molecule has 0 aliphatic carbocycles. The number of halogens is 1. The van der Waals surface area contributed by atoms with Gasteiger partial charge in [0, 0.05) is 21.3 Å². The van der Waals surface area contributed by atoms with Gasteiger partial charge in [-0.1, -0.05) is 45.8 Å². The summed E-state index contributed by atoms with van der Waals surface area (Å²) >= 11 is 3.32. The van der Waals surface area contributed by atoms with Crippen molar-refractivity contribution in [1.29, 1.82) is 0 Å². The van der Waals surface area contributed by atoms with Crippen molar-refractivity contribution in [3.05, 3.63) is 63.6 Å². The molecule has 0 spiro atoms. The summed E-state index contributed by atoms with van der Waals surface area (Å²) in [5.74, 6) is -0.841. The van der Waals surface area contributed by atoms with Crippen LogP contribution in [0.25, 0.3) is 0 Å². The van der Waals surface area contributed by atoms with Gasteiger partial charge >= 0.3 is 0 Å². The van der Waals surface area contributed by atoms with E-state index in [1.165, 1.54) is 0 Å². The molecule has 2 N–H and O–H groups in total. The van der Waals surface area contributed by atoms with Crippen LogP contribution in [-0.2, 0) is 10.4 Å². The van der Waals surface area contributed by atoms with E-state index in [1.807, 2.05) is 19.1 Å². The lowest BCUT2D eigenvalue weighted by atomic mass is 9.88. The number of carbonyl (C=O) groups excluding carboxylic acids is 2. The van der Waals surface area contributed by atoms with Gasteiger partial charge in [0.05, 0.1) is 6.42 Å². The first-order valence-corrected chi connectivity index (χ1v) is 7.63. The van der Waals surface area contributed by atoms with Crippen LogP contribution in [0, 0.1) is 6.92 Å². The van der Waals surface area contributed by atoms with Crippen LogP contribution in [0.2, 0.25) is 0 Å². The third-order valence-corrected chi connectivity index (χ3v) is 4.33. The zero-order valence-electron chi connectivity index (χ0n) is 11.9. The summed E-state index contributed by atoms with van der Waals surface area (Å²) in [5.41, 5.74) is 0.652. The van der Waals surface area contributed by atoms with Crippen LogP contribution in [0.5, 0.6) is 0 Å². The minimum absolute atomic E-state index is 0.273. The summed E-state index contributed by atoms with van der Waals surface area (Å²) in [6.45, 7) is 1.93. The number of carbonyl (C=O) groups is 2. The Kier molecular flexibility index (Phi) is 3.62. The van der Waals surface area contributed by atoms with Crippen LogP contribution in [0.4, 0.5) is 5.69 Å². The lowest BCUT2D eigenvalue weighted by molar-refractivity contribution is -0.133. The molecule has 2 aromatic carbocycles. The quantitative estimate of drug-likeness (QED) is 0.827. The standard InChI is InChI=1S/C17H14BrNO3/c1-10-2-4-11(5-3-10)15(20)9-17(22)13-8-12(18)6-7-14(13)19-16(17)21/h2-8,22H,9H2,1H3,(H,19,21)/t17-/m0/s1. The highest BCUT2D eigenvalue weighted by atomic mass is 79.9. The zero-order valence-corrected chi connectivity index (χ0v) is 13.5. The maximum Gasteiger partial charge on any atom is 0.261 e. The Morgan fingerprint density at radius 2 is 1.91 bits per heavy atom. The number of aryl methyl sites for hydroxylation is 1. The van der Waals surface area contributed by atoms with E-state index in [0.29, 0.717) is 16.8 Å². The molecule has 22 heavy (non-hydrogen) atoms. The van der Waals surface area contributed by atoms with Gasteiger partial charge in [-0.2, -0.15) is 0 Å². The largest absolute Gasteiger partial charge is 0.375 e. The third-order valence-electron chi connectivity index (χ3n) is 3.84. The maximum absolute atomic E-state index is 12.4. The average molecular weight is 360 g/mol. The second-order valence-corrected chi connectivity index (χ2v) is 6.39. The van der Waals surface area contributed by atoms with E-state index in [2.05, 4.69) is 21.2 Å². The fraction of sp³-hybridized carbons (Fsp3) is 0.176.